The molecule has 34 heteroatoms. The number of carbonyl (C=O) groups is 15. The fourth-order valence-electron chi connectivity index (χ4n) is 11.3. The Bertz CT molecular complexity index is 2840. The van der Waals surface area contributed by atoms with E-state index in [2.05, 4.69) is 69.1 Å². The van der Waals surface area contributed by atoms with E-state index in [1.54, 1.807) is 62.3 Å². The smallest absolute Gasteiger partial charge is 0.243 e. The molecular weight excluding hydrogens is 1370 g/mol. The van der Waals surface area contributed by atoms with Crippen molar-refractivity contribution in [3.05, 3.63) is 0 Å². The molecule has 15 atom stereocenters. The van der Waals surface area contributed by atoms with Gasteiger partial charge in [0.05, 0.1) is 12.5 Å². The molecule has 0 aliphatic carbocycles. The van der Waals surface area contributed by atoms with E-state index in [0.717, 1.165) is 0 Å². The minimum Gasteiger partial charge on any atom is -0.370 e. The Morgan fingerprint density at radius 1 is 0.283 bits per heavy atom. The van der Waals surface area contributed by atoms with Gasteiger partial charge < -0.3 is 104 Å². The summed E-state index contributed by atoms with van der Waals surface area (Å²) in [7, 11) is 0. The summed E-state index contributed by atoms with van der Waals surface area (Å²) in [4.78, 5) is 205. The molecule has 0 aliphatic heterocycles. The van der Waals surface area contributed by atoms with E-state index in [4.69, 9.17) is 34.4 Å². The van der Waals surface area contributed by atoms with E-state index in [9.17, 15) is 71.9 Å². The average Bonchev–Trinajstić information content (AvgIpc) is 0.869. The van der Waals surface area contributed by atoms with Crippen LogP contribution in [-0.4, -0.2) is 193 Å². The maximum absolute atomic E-state index is 14.3. The monoisotopic (exact) mass is 1510 g/mol. The van der Waals surface area contributed by atoms with Crippen LogP contribution in [0.5, 0.6) is 0 Å². The Morgan fingerprint density at radius 2 is 0.547 bits per heavy atom. The molecule has 0 bridgehead atoms. The van der Waals surface area contributed by atoms with Crippen molar-refractivity contribution in [1.82, 2.24) is 69.1 Å². The third kappa shape index (κ3) is 38.9. The van der Waals surface area contributed by atoms with Gasteiger partial charge in [-0.25, -0.2) is 0 Å². The van der Waals surface area contributed by atoms with Crippen molar-refractivity contribution in [1.29, 1.82) is 0 Å². The Balaban J connectivity index is 6.54. The second-order valence-electron chi connectivity index (χ2n) is 30.5. The normalized spacial score (nSPS) is 15.8. The lowest BCUT2D eigenvalue weighted by Gasteiger charge is -2.29. The van der Waals surface area contributed by atoms with Gasteiger partial charge in [0.25, 0.3) is 0 Å². The second-order valence-corrected chi connectivity index (χ2v) is 30.5. The van der Waals surface area contributed by atoms with E-state index < -0.39 is 191 Å². The molecule has 25 N–H and O–H groups in total. The highest BCUT2D eigenvalue weighted by atomic mass is 16.2. The standard InChI is InChI=1S/C72H135N19O15/c1-18-43(14)58(72(106)85-51(59(78)93)32-38(4)5)91-66(100)50(27-21-24-30-75)83-65(99)49(26-20-23-29-74)82-60(94)45(16)81-71(105)57(42(12)13)90-62(96)46(17)80-67(101)52(33-39(6)7)88-69(103)53(34-40(8)9)86-61(95)44(15)79-64(98)48(25-19-22-28-73)84-68(102)54(35-41(10)11)89-70(104)55(36-56(77)92)87-63(97)47(76)31-37(2)3/h37-55,57-58H,18-36,73-76H2,1-17H3,(H2,77,92)(H2,78,93)(H,79,98)(H,80,101)(H,81,105)(H,82,94)(H,83,99)(H,84,102)(H,85,106)(H,86,95)(H,87,97)(H,88,103)(H,89,104)(H,90,96)(H,91,100)/t43-,44-,45-,46-,47-,48-,49-,50-,51-,52-,53-,54-,55-,57-,58-/m0/s1. The maximum atomic E-state index is 14.3. The molecule has 34 nitrogen and oxygen atoms in total. The first-order valence-electron chi connectivity index (χ1n) is 37.8. The van der Waals surface area contributed by atoms with Crippen LogP contribution in [0.1, 0.15) is 220 Å². The maximum Gasteiger partial charge on any atom is 0.243 e. The first-order chi connectivity index (χ1) is 49.4. The molecule has 0 rings (SSSR count). The fraction of sp³-hybridized carbons (Fsp3) is 0.792. The molecule has 0 aromatic carbocycles. The molecule has 0 aromatic rings. The molecule has 15 amide bonds. The molecule has 0 aromatic heterocycles. The Labute approximate surface area is 627 Å². The van der Waals surface area contributed by atoms with Crippen LogP contribution in [0.3, 0.4) is 0 Å². The summed E-state index contributed by atoms with van der Waals surface area (Å²) in [6.45, 7) is 29.9. The molecular formula is C72H135N19O15. The fourth-order valence-corrected chi connectivity index (χ4v) is 11.3. The van der Waals surface area contributed by atoms with Crippen LogP contribution in [0.4, 0.5) is 0 Å². The van der Waals surface area contributed by atoms with Crippen molar-refractivity contribution >= 4 is 88.6 Å². The number of amides is 15. The molecule has 0 radical (unpaired) electrons. The van der Waals surface area contributed by atoms with Gasteiger partial charge >= 0.3 is 0 Å². The topological polar surface area (TPSA) is 569 Å². The molecule has 0 aliphatic rings. The zero-order valence-corrected chi connectivity index (χ0v) is 66.1. The third-order valence-corrected chi connectivity index (χ3v) is 17.5. The van der Waals surface area contributed by atoms with Gasteiger partial charge in [0, 0.05) is 0 Å². The highest BCUT2D eigenvalue weighted by Crippen LogP contribution is 2.16. The van der Waals surface area contributed by atoms with Crippen LogP contribution in [-0.2, 0) is 71.9 Å². The number of nitrogens with two attached hydrogens (primary N) is 6. The van der Waals surface area contributed by atoms with E-state index in [1.165, 1.54) is 20.8 Å². The van der Waals surface area contributed by atoms with E-state index in [-0.39, 0.29) is 101 Å². The second kappa shape index (κ2) is 51.2. The average molecular weight is 1510 g/mol. The quantitative estimate of drug-likeness (QED) is 0.0304. The number of carbonyl (C=O) groups excluding carboxylic acids is 15. The molecule has 0 fully saturated rings. The predicted molar refractivity (Wildman–Crippen MR) is 403 cm³/mol. The lowest BCUT2D eigenvalue weighted by Crippen LogP contribution is -2.61. The lowest BCUT2D eigenvalue weighted by molar-refractivity contribution is -0.136. The van der Waals surface area contributed by atoms with Crippen LogP contribution in [0, 0.1) is 41.4 Å². The van der Waals surface area contributed by atoms with Crippen molar-refractivity contribution in [3.8, 4) is 0 Å². The summed E-state index contributed by atoms with van der Waals surface area (Å²) in [6, 6.07) is -17.4. The first kappa shape index (κ1) is 97.9. The number of nitrogens with one attached hydrogen (secondary N) is 13. The Morgan fingerprint density at radius 3 is 0.896 bits per heavy atom. The molecule has 0 saturated carbocycles. The van der Waals surface area contributed by atoms with Crippen molar-refractivity contribution < 1.29 is 71.9 Å². The number of hydrogen-bond acceptors (Lipinski definition) is 19. The minimum atomic E-state index is -1.48. The van der Waals surface area contributed by atoms with Crippen LogP contribution < -0.4 is 104 Å². The zero-order valence-electron chi connectivity index (χ0n) is 66.1. The Hall–Kier alpha value is -8.11. The van der Waals surface area contributed by atoms with Crippen LogP contribution in [0.2, 0.25) is 0 Å². The van der Waals surface area contributed by atoms with Crippen molar-refractivity contribution in [2.24, 2.45) is 75.8 Å². The first-order valence-corrected chi connectivity index (χ1v) is 37.8. The largest absolute Gasteiger partial charge is 0.370 e. The van der Waals surface area contributed by atoms with Gasteiger partial charge in [-0.15, -0.1) is 0 Å². The van der Waals surface area contributed by atoms with Crippen LogP contribution in [0.15, 0.2) is 0 Å². The van der Waals surface area contributed by atoms with Crippen LogP contribution >= 0.6 is 0 Å². The number of rotatable bonds is 54. The Kier molecular flexibility index (Phi) is 47.3. The molecule has 608 valence electrons. The summed E-state index contributed by atoms with van der Waals surface area (Å²) in [6.07, 6.45) is 3.35. The van der Waals surface area contributed by atoms with E-state index in [1.807, 2.05) is 34.6 Å². The summed E-state index contributed by atoms with van der Waals surface area (Å²) in [5.74, 6) is -13.2. The van der Waals surface area contributed by atoms with Gasteiger partial charge in [-0.2, -0.15) is 0 Å². The summed E-state index contributed by atoms with van der Waals surface area (Å²) in [5, 5.41) is 34.5. The predicted octanol–water partition coefficient (Wildman–Crippen LogP) is -1.64. The number of primary amides is 2. The van der Waals surface area contributed by atoms with Gasteiger partial charge in [0.1, 0.15) is 78.5 Å². The van der Waals surface area contributed by atoms with Crippen molar-refractivity contribution in [2.45, 2.75) is 305 Å². The zero-order chi connectivity index (χ0) is 81.4. The molecule has 0 unspecified atom stereocenters. The lowest BCUT2D eigenvalue weighted by atomic mass is 9.96. The van der Waals surface area contributed by atoms with Crippen LogP contribution in [0.25, 0.3) is 0 Å². The minimum absolute atomic E-state index is 0.00643. The SMILES string of the molecule is CC[C@H](C)[C@H](NC(=O)[C@H](CCCCN)NC(=O)[C@H](CCCCN)NC(=O)[C@H](C)NC(=O)[C@@H](NC(=O)[C@H](C)NC(=O)[C@H](CC(C)C)NC(=O)[C@H](CC(C)C)NC(=O)[C@H](C)NC(=O)[C@H](CCCCN)NC(=O)[C@H](CC(C)C)NC(=O)[C@H](CC(N)=O)NC(=O)[C@@H](N)CC(C)C)C(C)C)C(=O)N[C@@H](CC(C)C)C(N)=O. The number of unbranched alkanes of at least 4 members (excludes halogenated alkanes) is 3. The van der Waals surface area contributed by atoms with Gasteiger partial charge in [-0.05, 0) is 172 Å². The van der Waals surface area contributed by atoms with E-state index >= 15 is 0 Å². The third-order valence-electron chi connectivity index (χ3n) is 17.5. The van der Waals surface area contributed by atoms with E-state index in [0.29, 0.717) is 44.9 Å². The molecule has 106 heavy (non-hydrogen) atoms. The molecule has 0 heterocycles. The van der Waals surface area contributed by atoms with Gasteiger partial charge in [0.2, 0.25) is 88.6 Å². The van der Waals surface area contributed by atoms with Gasteiger partial charge in [-0.1, -0.05) is 103 Å². The summed E-state index contributed by atoms with van der Waals surface area (Å²) < 4.78 is 0. The summed E-state index contributed by atoms with van der Waals surface area (Å²) in [5.41, 5.74) is 34.4. The van der Waals surface area contributed by atoms with Gasteiger partial charge in [-0.3, -0.25) is 71.9 Å². The molecule has 0 saturated heterocycles. The van der Waals surface area contributed by atoms with Crippen molar-refractivity contribution in [2.75, 3.05) is 19.6 Å². The highest BCUT2D eigenvalue weighted by Gasteiger charge is 2.38. The van der Waals surface area contributed by atoms with Crippen molar-refractivity contribution in [3.63, 3.8) is 0 Å². The number of hydrogen-bond donors (Lipinski definition) is 19. The van der Waals surface area contributed by atoms with Gasteiger partial charge in [0.15, 0.2) is 0 Å². The summed E-state index contributed by atoms with van der Waals surface area (Å²) >= 11 is 0. The molecule has 0 spiro atoms. The highest BCUT2D eigenvalue weighted by molar-refractivity contribution is 6.00.